The van der Waals surface area contributed by atoms with Crippen molar-refractivity contribution in [3.8, 4) is 0 Å². The number of fused-ring (bicyclic) bond motifs is 1. The molecule has 2 heterocycles. The van der Waals surface area contributed by atoms with Crippen molar-refractivity contribution in [2.45, 2.75) is 13.5 Å². The van der Waals surface area contributed by atoms with Gasteiger partial charge in [-0.2, -0.15) is 0 Å². The van der Waals surface area contributed by atoms with E-state index >= 15 is 0 Å². The molecule has 1 aliphatic heterocycles. The first-order valence-electron chi connectivity index (χ1n) is 10.4. The van der Waals surface area contributed by atoms with E-state index in [0.717, 1.165) is 53.9 Å². The van der Waals surface area contributed by atoms with Crippen molar-refractivity contribution < 1.29 is 4.79 Å². The summed E-state index contributed by atoms with van der Waals surface area (Å²) in [5.41, 5.74) is 3.73. The summed E-state index contributed by atoms with van der Waals surface area (Å²) >= 11 is 0. The molecule has 6 heteroatoms. The third-order valence-corrected chi connectivity index (χ3v) is 5.85. The number of aromatic nitrogens is 1. The van der Waals surface area contributed by atoms with Crippen molar-refractivity contribution in [3.63, 3.8) is 0 Å². The number of carbonyl (C=O) groups is 1. The van der Waals surface area contributed by atoms with Crippen molar-refractivity contribution in [1.82, 2.24) is 14.8 Å². The summed E-state index contributed by atoms with van der Waals surface area (Å²) in [6.07, 6.45) is 0. The predicted octanol–water partition coefficient (Wildman–Crippen LogP) is 2.47. The maximum absolute atomic E-state index is 13.7. The predicted molar refractivity (Wildman–Crippen MR) is 122 cm³/mol. The minimum atomic E-state index is -0.334. The third kappa shape index (κ3) is 3.71. The number of benzene rings is 2. The number of rotatable bonds is 4. The van der Waals surface area contributed by atoms with Gasteiger partial charge in [0, 0.05) is 38.6 Å². The Bertz CT molecular complexity index is 1130. The van der Waals surface area contributed by atoms with Gasteiger partial charge in [0.15, 0.2) is 0 Å². The first kappa shape index (κ1) is 20.2. The Morgan fingerprint density at radius 1 is 1.03 bits per heavy atom. The second-order valence-corrected chi connectivity index (χ2v) is 7.99. The smallest absolute Gasteiger partial charge is 0.266 e. The fourth-order valence-corrected chi connectivity index (χ4v) is 4.17. The van der Waals surface area contributed by atoms with Crippen LogP contribution in [0, 0.1) is 6.92 Å². The molecule has 1 fully saturated rings. The largest absolute Gasteiger partial charge is 0.368 e. The van der Waals surface area contributed by atoms with Gasteiger partial charge in [-0.3, -0.25) is 9.59 Å². The lowest BCUT2D eigenvalue weighted by molar-refractivity contribution is 0.0961. The normalized spacial score (nSPS) is 14.8. The molecule has 4 rings (SSSR count). The van der Waals surface area contributed by atoms with Gasteiger partial charge in [0.25, 0.3) is 11.5 Å². The minimum Gasteiger partial charge on any atom is -0.368 e. The Morgan fingerprint density at radius 3 is 2.40 bits per heavy atom. The molecule has 30 heavy (non-hydrogen) atoms. The number of hydrogen-bond acceptors (Lipinski definition) is 4. The zero-order chi connectivity index (χ0) is 21.3. The summed E-state index contributed by atoms with van der Waals surface area (Å²) in [7, 11) is 3.68. The highest BCUT2D eigenvalue weighted by Gasteiger charge is 2.27. The van der Waals surface area contributed by atoms with Gasteiger partial charge in [0.1, 0.15) is 5.56 Å². The minimum absolute atomic E-state index is 0.232. The Morgan fingerprint density at radius 2 is 1.73 bits per heavy atom. The zero-order valence-corrected chi connectivity index (χ0v) is 17.8. The number of nitrogens with one attached hydrogen (secondary N) is 1. The molecule has 0 saturated carbocycles. The number of nitrogens with zero attached hydrogens (tertiary/aromatic N) is 3. The van der Waals surface area contributed by atoms with E-state index in [1.807, 2.05) is 49.4 Å². The van der Waals surface area contributed by atoms with Gasteiger partial charge < -0.3 is 19.7 Å². The Balaban J connectivity index is 2.00. The summed E-state index contributed by atoms with van der Waals surface area (Å²) in [6, 6.07) is 16.0. The number of aryl methyl sites for hydroxylation is 1. The van der Waals surface area contributed by atoms with Gasteiger partial charge in [-0.15, -0.1) is 0 Å². The molecule has 0 unspecified atom stereocenters. The number of amides is 1. The summed E-state index contributed by atoms with van der Waals surface area (Å²) in [5.74, 6) is -0.334. The summed E-state index contributed by atoms with van der Waals surface area (Å²) in [6.45, 7) is 5.82. The highest BCUT2D eigenvalue weighted by Crippen LogP contribution is 2.31. The third-order valence-electron chi connectivity index (χ3n) is 5.85. The molecule has 3 aromatic rings. The molecule has 0 radical (unpaired) electrons. The molecule has 2 aromatic carbocycles. The molecule has 1 N–H and O–H groups in total. The van der Waals surface area contributed by atoms with E-state index in [9.17, 15) is 9.59 Å². The number of carbonyl (C=O) groups excluding carboxylic acids is 1. The number of anilines is 1. The highest BCUT2D eigenvalue weighted by atomic mass is 16.2. The van der Waals surface area contributed by atoms with Gasteiger partial charge in [-0.25, -0.2) is 0 Å². The molecular weight excluding hydrogens is 376 g/mol. The number of hydrogen-bond donors (Lipinski definition) is 1. The van der Waals surface area contributed by atoms with E-state index < -0.39 is 0 Å². The van der Waals surface area contributed by atoms with E-state index in [2.05, 4.69) is 28.2 Å². The Kier molecular flexibility index (Phi) is 5.59. The fraction of sp³-hybridized carbons (Fsp3) is 0.333. The van der Waals surface area contributed by atoms with E-state index in [4.69, 9.17) is 0 Å². The monoisotopic (exact) mass is 404 g/mol. The molecule has 0 atom stereocenters. The molecule has 1 aromatic heterocycles. The van der Waals surface area contributed by atoms with Crippen LogP contribution < -0.4 is 15.8 Å². The highest BCUT2D eigenvalue weighted by molar-refractivity contribution is 6.07. The molecule has 1 amide bonds. The Labute approximate surface area is 176 Å². The number of pyridine rings is 1. The first-order chi connectivity index (χ1) is 14.5. The van der Waals surface area contributed by atoms with Crippen LogP contribution in [0.25, 0.3) is 10.9 Å². The molecule has 156 valence electrons. The van der Waals surface area contributed by atoms with Crippen molar-refractivity contribution in [1.29, 1.82) is 0 Å². The zero-order valence-electron chi connectivity index (χ0n) is 17.8. The molecule has 0 spiro atoms. The van der Waals surface area contributed by atoms with Gasteiger partial charge in [0.05, 0.1) is 17.7 Å². The van der Waals surface area contributed by atoms with Gasteiger partial charge in [-0.1, -0.05) is 42.0 Å². The fourth-order valence-electron chi connectivity index (χ4n) is 4.17. The quantitative estimate of drug-likeness (QED) is 0.726. The van der Waals surface area contributed by atoms with Crippen LogP contribution in [0.4, 0.5) is 5.69 Å². The first-order valence-corrected chi connectivity index (χ1v) is 10.4. The van der Waals surface area contributed by atoms with Gasteiger partial charge in [0.2, 0.25) is 0 Å². The average Bonchev–Trinajstić information content (AvgIpc) is 2.76. The second kappa shape index (κ2) is 8.32. The van der Waals surface area contributed by atoms with Gasteiger partial charge >= 0.3 is 0 Å². The average molecular weight is 405 g/mol. The van der Waals surface area contributed by atoms with Crippen LogP contribution in [0.3, 0.4) is 0 Å². The van der Waals surface area contributed by atoms with Crippen LogP contribution in [0.5, 0.6) is 0 Å². The molecular formula is C24H28N4O2. The maximum atomic E-state index is 13.7. The van der Waals surface area contributed by atoms with Crippen LogP contribution in [0.1, 0.15) is 21.5 Å². The Hall–Kier alpha value is -3.12. The van der Waals surface area contributed by atoms with E-state index in [0.29, 0.717) is 6.54 Å². The van der Waals surface area contributed by atoms with Crippen molar-refractivity contribution in [2.75, 3.05) is 45.2 Å². The summed E-state index contributed by atoms with van der Waals surface area (Å²) in [4.78, 5) is 31.1. The van der Waals surface area contributed by atoms with Crippen LogP contribution >= 0.6 is 0 Å². The molecule has 1 saturated heterocycles. The van der Waals surface area contributed by atoms with Crippen molar-refractivity contribution in [3.05, 3.63) is 75.6 Å². The second-order valence-electron chi connectivity index (χ2n) is 7.99. The van der Waals surface area contributed by atoms with Crippen molar-refractivity contribution in [2.24, 2.45) is 0 Å². The standard InChI is InChI=1S/C24H28N4O2/c1-17-9-10-20-19(15-17)22(27-13-11-26(3)12-14-27)21(23(29)25-2)24(30)28(20)16-18-7-5-4-6-8-18/h4-10,15H,11-14,16H2,1-3H3,(H,25,29). The lowest BCUT2D eigenvalue weighted by atomic mass is 10.0. The maximum Gasteiger partial charge on any atom is 0.266 e. The topological polar surface area (TPSA) is 57.6 Å². The SMILES string of the molecule is CNC(=O)c1c(N2CCN(C)CC2)c2cc(C)ccc2n(Cc2ccccc2)c1=O. The molecule has 6 nitrogen and oxygen atoms in total. The van der Waals surface area contributed by atoms with E-state index in [-0.39, 0.29) is 17.0 Å². The number of likely N-dealkylation sites (N-methyl/N-ethyl adjacent to an activating group) is 1. The van der Waals surface area contributed by atoms with Crippen LogP contribution in [-0.4, -0.2) is 55.6 Å². The lowest BCUT2D eigenvalue weighted by Crippen LogP contribution is -2.46. The van der Waals surface area contributed by atoms with Crippen LogP contribution in [0.2, 0.25) is 0 Å². The van der Waals surface area contributed by atoms with Crippen LogP contribution in [0.15, 0.2) is 53.3 Å². The van der Waals surface area contributed by atoms with E-state index in [1.165, 1.54) is 0 Å². The summed E-state index contributed by atoms with van der Waals surface area (Å²) in [5, 5.41) is 3.64. The lowest BCUT2D eigenvalue weighted by Gasteiger charge is -2.36. The number of piperazine rings is 1. The van der Waals surface area contributed by atoms with E-state index in [1.54, 1.807) is 11.6 Å². The van der Waals surface area contributed by atoms with Crippen molar-refractivity contribution >= 4 is 22.5 Å². The summed E-state index contributed by atoms with van der Waals surface area (Å²) < 4.78 is 1.73. The molecule has 0 bridgehead atoms. The molecule has 1 aliphatic rings. The van der Waals surface area contributed by atoms with Crippen LogP contribution in [-0.2, 0) is 6.54 Å². The molecule has 0 aliphatic carbocycles. The van der Waals surface area contributed by atoms with Gasteiger partial charge in [-0.05, 0) is 31.7 Å².